The van der Waals surface area contributed by atoms with E-state index in [-0.39, 0.29) is 32.3 Å². The van der Waals surface area contributed by atoms with Gasteiger partial charge in [-0.3, -0.25) is 9.58 Å². The van der Waals surface area contributed by atoms with Crippen LogP contribution >= 0.6 is 0 Å². The molecule has 0 amide bonds. The molecule has 0 aliphatic rings. The van der Waals surface area contributed by atoms with E-state index in [0.717, 1.165) is 16.3 Å². The minimum absolute atomic E-state index is 0.0248. The third-order valence-corrected chi connectivity index (χ3v) is 4.37. The van der Waals surface area contributed by atoms with Crippen molar-refractivity contribution < 1.29 is 28.1 Å². The van der Waals surface area contributed by atoms with Crippen LogP contribution in [0.1, 0.15) is 25.1 Å². The number of ether oxygens (including phenoxy) is 1. The van der Waals surface area contributed by atoms with Crippen LogP contribution in [0.15, 0.2) is 42.6 Å². The number of rotatable bonds is 11. The number of nitrogens with zero attached hydrogens (tertiary/aromatic N) is 3. The van der Waals surface area contributed by atoms with Crippen LogP contribution in [-0.4, -0.2) is 62.8 Å². The van der Waals surface area contributed by atoms with Crippen LogP contribution in [0.5, 0.6) is 0 Å². The van der Waals surface area contributed by atoms with Gasteiger partial charge in [0.1, 0.15) is 0 Å². The maximum Gasteiger partial charge on any atom is 0.435 e. The zero-order chi connectivity index (χ0) is 21.4. The van der Waals surface area contributed by atoms with Gasteiger partial charge in [0.2, 0.25) is 0 Å². The predicted molar refractivity (Wildman–Crippen MR) is 102 cm³/mol. The normalized spacial score (nSPS) is 14.5. The first-order valence-electron chi connectivity index (χ1n) is 9.47. The molecule has 0 saturated heterocycles. The molecule has 0 spiro atoms. The first kappa shape index (κ1) is 23.3. The number of aromatic nitrogens is 2. The summed E-state index contributed by atoms with van der Waals surface area (Å²) in [6.07, 6.45) is -5.01. The Bertz CT molecular complexity index is 723. The summed E-state index contributed by atoms with van der Waals surface area (Å²) in [5.41, 5.74) is 0.0182. The maximum atomic E-state index is 12.6. The molecule has 2 unspecified atom stereocenters. The molecule has 2 rings (SSSR count). The third-order valence-electron chi connectivity index (χ3n) is 4.37. The topological polar surface area (TPSA) is 70.8 Å². The van der Waals surface area contributed by atoms with Crippen LogP contribution in [0.4, 0.5) is 13.2 Å². The van der Waals surface area contributed by atoms with E-state index in [0.29, 0.717) is 6.61 Å². The Morgan fingerprint density at radius 2 is 1.72 bits per heavy atom. The second-order valence-corrected chi connectivity index (χ2v) is 7.28. The van der Waals surface area contributed by atoms with Gasteiger partial charge in [-0.05, 0) is 25.5 Å². The Labute approximate surface area is 168 Å². The highest BCUT2D eigenvalue weighted by Crippen LogP contribution is 2.27. The number of benzene rings is 1. The molecule has 2 N–H and O–H groups in total. The second kappa shape index (κ2) is 10.7. The highest BCUT2D eigenvalue weighted by atomic mass is 19.4. The maximum absolute atomic E-state index is 12.6. The first-order chi connectivity index (χ1) is 13.6. The lowest BCUT2D eigenvalue weighted by atomic mass is 10.2. The van der Waals surface area contributed by atoms with Crippen molar-refractivity contribution in [2.45, 2.75) is 51.4 Å². The van der Waals surface area contributed by atoms with Gasteiger partial charge in [0.05, 0.1) is 32.0 Å². The van der Waals surface area contributed by atoms with Crippen molar-refractivity contribution in [1.29, 1.82) is 0 Å². The molecule has 0 saturated carbocycles. The van der Waals surface area contributed by atoms with E-state index in [1.165, 1.54) is 6.20 Å². The minimum Gasteiger partial charge on any atom is -0.390 e. The average molecular weight is 415 g/mol. The summed E-state index contributed by atoms with van der Waals surface area (Å²) in [4.78, 5) is 1.86. The van der Waals surface area contributed by atoms with Gasteiger partial charge in [-0.15, -0.1) is 0 Å². The van der Waals surface area contributed by atoms with Gasteiger partial charge in [-0.2, -0.15) is 18.3 Å². The molecular formula is C20H28F3N3O3. The fourth-order valence-electron chi connectivity index (χ4n) is 2.87. The quantitative estimate of drug-likeness (QED) is 0.590. The summed E-state index contributed by atoms with van der Waals surface area (Å²) in [5.74, 6) is 0. The summed E-state index contributed by atoms with van der Waals surface area (Å²) in [6.45, 7) is 4.76. The van der Waals surface area contributed by atoms with Crippen molar-refractivity contribution in [2.75, 3.05) is 19.7 Å². The van der Waals surface area contributed by atoms with Gasteiger partial charge in [0.25, 0.3) is 0 Å². The largest absolute Gasteiger partial charge is 0.435 e. The van der Waals surface area contributed by atoms with E-state index in [4.69, 9.17) is 4.74 Å². The van der Waals surface area contributed by atoms with Gasteiger partial charge in [-0.25, -0.2) is 0 Å². The van der Waals surface area contributed by atoms with Crippen molar-refractivity contribution >= 4 is 0 Å². The minimum atomic E-state index is -4.51. The van der Waals surface area contributed by atoms with Crippen LogP contribution in [-0.2, 0) is 24.1 Å². The zero-order valence-corrected chi connectivity index (χ0v) is 16.6. The van der Waals surface area contributed by atoms with Crippen LogP contribution in [0.2, 0.25) is 0 Å². The average Bonchev–Trinajstić information content (AvgIpc) is 3.10. The molecule has 9 heteroatoms. The molecule has 2 atom stereocenters. The molecule has 0 aliphatic heterocycles. The zero-order valence-electron chi connectivity index (χ0n) is 16.6. The molecule has 6 nitrogen and oxygen atoms in total. The van der Waals surface area contributed by atoms with Gasteiger partial charge in [0.15, 0.2) is 5.69 Å². The van der Waals surface area contributed by atoms with Crippen LogP contribution in [0.25, 0.3) is 0 Å². The molecular weight excluding hydrogens is 387 g/mol. The number of alkyl halides is 3. The summed E-state index contributed by atoms with van der Waals surface area (Å²) in [7, 11) is 0. The summed E-state index contributed by atoms with van der Waals surface area (Å²) >= 11 is 0. The predicted octanol–water partition coefficient (Wildman–Crippen LogP) is 2.55. The van der Waals surface area contributed by atoms with Crippen LogP contribution < -0.4 is 0 Å². The molecule has 2 aromatic rings. The van der Waals surface area contributed by atoms with Gasteiger partial charge in [0, 0.05) is 25.3 Å². The Morgan fingerprint density at radius 1 is 1.07 bits per heavy atom. The Balaban J connectivity index is 1.79. The van der Waals surface area contributed by atoms with Crippen molar-refractivity contribution in [3.05, 3.63) is 53.9 Å². The lowest BCUT2D eigenvalue weighted by Gasteiger charge is -2.30. The van der Waals surface area contributed by atoms with E-state index in [2.05, 4.69) is 5.10 Å². The lowest BCUT2D eigenvalue weighted by molar-refractivity contribution is -0.141. The SMILES string of the molecule is CC(C)N(CC(O)COCc1ccccc1)CC(O)Cn1ccc(C(F)(F)F)n1. The summed E-state index contributed by atoms with van der Waals surface area (Å²) in [5, 5.41) is 24.0. The molecule has 0 fully saturated rings. The number of hydrogen-bond acceptors (Lipinski definition) is 5. The van der Waals surface area contributed by atoms with Gasteiger partial charge in [-0.1, -0.05) is 30.3 Å². The number of halogens is 3. The highest BCUT2D eigenvalue weighted by Gasteiger charge is 2.33. The van der Waals surface area contributed by atoms with Crippen molar-refractivity contribution in [3.63, 3.8) is 0 Å². The molecule has 1 aromatic heterocycles. The monoisotopic (exact) mass is 415 g/mol. The van der Waals surface area contributed by atoms with Crippen LogP contribution in [0, 0.1) is 0 Å². The summed E-state index contributed by atoms with van der Waals surface area (Å²) in [6, 6.07) is 10.5. The van der Waals surface area contributed by atoms with E-state index >= 15 is 0 Å². The Hall–Kier alpha value is -1.94. The molecule has 0 bridgehead atoms. The molecule has 29 heavy (non-hydrogen) atoms. The molecule has 0 radical (unpaired) electrons. The first-order valence-corrected chi connectivity index (χ1v) is 9.47. The Morgan fingerprint density at radius 3 is 2.31 bits per heavy atom. The molecule has 162 valence electrons. The van der Waals surface area contributed by atoms with Crippen LogP contribution in [0.3, 0.4) is 0 Å². The van der Waals surface area contributed by atoms with E-state index in [1.54, 1.807) is 0 Å². The smallest absolute Gasteiger partial charge is 0.390 e. The highest BCUT2D eigenvalue weighted by molar-refractivity contribution is 5.13. The third kappa shape index (κ3) is 8.14. The fourth-order valence-corrected chi connectivity index (χ4v) is 2.87. The molecule has 1 aromatic carbocycles. The number of aliphatic hydroxyl groups excluding tert-OH is 2. The summed E-state index contributed by atoms with van der Waals surface area (Å²) < 4.78 is 44.5. The lowest BCUT2D eigenvalue weighted by Crippen LogP contribution is -2.44. The number of aliphatic hydroxyl groups is 2. The Kier molecular flexibility index (Phi) is 8.63. The van der Waals surface area contributed by atoms with Gasteiger partial charge < -0.3 is 14.9 Å². The van der Waals surface area contributed by atoms with Gasteiger partial charge >= 0.3 is 6.18 Å². The van der Waals surface area contributed by atoms with Crippen molar-refractivity contribution in [3.8, 4) is 0 Å². The van der Waals surface area contributed by atoms with Crippen molar-refractivity contribution in [2.24, 2.45) is 0 Å². The van der Waals surface area contributed by atoms with Crippen molar-refractivity contribution in [1.82, 2.24) is 14.7 Å². The second-order valence-electron chi connectivity index (χ2n) is 7.28. The van der Waals surface area contributed by atoms with E-state index in [9.17, 15) is 23.4 Å². The standard InChI is InChI=1S/C20H28F3N3O3/c1-15(2)25(11-18(28)14-29-13-16-6-4-3-5-7-16)10-17(27)12-26-9-8-19(24-26)20(21,22)23/h3-9,15,17-18,27-28H,10-14H2,1-2H3. The number of hydrogen-bond donors (Lipinski definition) is 2. The fraction of sp³-hybridized carbons (Fsp3) is 0.550. The molecule has 1 heterocycles. The van der Waals surface area contributed by atoms with E-state index < -0.39 is 24.1 Å². The molecule has 0 aliphatic carbocycles. The van der Waals surface area contributed by atoms with E-state index in [1.807, 2.05) is 49.1 Å².